The van der Waals surface area contributed by atoms with Crippen LogP contribution in [-0.4, -0.2) is 64.9 Å². The largest absolute Gasteiger partial charge is 0.372 e. The van der Waals surface area contributed by atoms with Gasteiger partial charge in [-0.25, -0.2) is 9.97 Å². The molecule has 0 aliphatic carbocycles. The Balaban J connectivity index is 1.55. The van der Waals surface area contributed by atoms with Crippen molar-refractivity contribution in [2.24, 2.45) is 0 Å². The minimum atomic E-state index is 0.104. The second-order valence-corrected chi connectivity index (χ2v) is 7.60. The normalized spacial score (nSPS) is 24.9. The lowest BCUT2D eigenvalue weighted by molar-refractivity contribution is -0.140. The van der Waals surface area contributed by atoms with Crippen molar-refractivity contribution in [3.05, 3.63) is 12.4 Å². The number of amides is 1. The summed E-state index contributed by atoms with van der Waals surface area (Å²) in [5.41, 5.74) is 0. The fraction of sp³-hybridized carbons (Fsp3) is 0.706. The predicted octanol–water partition coefficient (Wildman–Crippen LogP) is 2.19. The van der Waals surface area contributed by atoms with Crippen LogP contribution >= 0.6 is 11.8 Å². The molecule has 2 saturated heterocycles. The highest BCUT2D eigenvalue weighted by Gasteiger charge is 2.25. The zero-order valence-corrected chi connectivity index (χ0v) is 15.3. The number of hydrogen-bond acceptors (Lipinski definition) is 6. The van der Waals surface area contributed by atoms with Gasteiger partial charge in [-0.1, -0.05) is 11.8 Å². The fourth-order valence-corrected chi connectivity index (χ4v) is 4.08. The van der Waals surface area contributed by atoms with Gasteiger partial charge in [-0.3, -0.25) is 4.79 Å². The van der Waals surface area contributed by atoms with Crippen molar-refractivity contribution in [1.29, 1.82) is 0 Å². The maximum absolute atomic E-state index is 12.4. The molecule has 2 fully saturated rings. The molecule has 0 N–H and O–H groups in total. The van der Waals surface area contributed by atoms with Crippen LogP contribution in [0.25, 0.3) is 0 Å². The Hall–Kier alpha value is -1.34. The second-order valence-electron chi connectivity index (χ2n) is 6.61. The van der Waals surface area contributed by atoms with Crippen molar-refractivity contribution in [2.45, 2.75) is 50.3 Å². The average molecular weight is 350 g/mol. The Kier molecular flexibility index (Phi) is 5.94. The molecule has 0 radical (unpaired) electrons. The number of piperidine rings is 1. The Labute approximate surface area is 148 Å². The van der Waals surface area contributed by atoms with Crippen LogP contribution in [0.1, 0.15) is 33.1 Å². The van der Waals surface area contributed by atoms with Crippen LogP contribution in [0.4, 0.5) is 5.82 Å². The Morgan fingerprint density at radius 3 is 2.62 bits per heavy atom. The molecule has 1 aromatic heterocycles. The van der Waals surface area contributed by atoms with Crippen molar-refractivity contribution in [1.82, 2.24) is 14.9 Å². The molecule has 2 atom stereocenters. The molecule has 0 saturated carbocycles. The molecule has 132 valence electrons. The molecule has 1 aromatic rings. The standard InChI is InChI=1S/C17H26N4O2S/c1-13-9-21(10-14(2)23-13)17(22)11-24-16-8-15(18-12-19-16)20-6-4-3-5-7-20/h8,12-14H,3-7,9-11H2,1-2H3. The number of morpholine rings is 1. The van der Waals surface area contributed by atoms with Crippen LogP contribution in [-0.2, 0) is 9.53 Å². The van der Waals surface area contributed by atoms with E-state index < -0.39 is 0 Å². The monoisotopic (exact) mass is 350 g/mol. The van der Waals surface area contributed by atoms with E-state index >= 15 is 0 Å². The van der Waals surface area contributed by atoms with Crippen molar-refractivity contribution in [3.8, 4) is 0 Å². The first-order chi connectivity index (χ1) is 11.6. The number of ether oxygens (including phenoxy) is 1. The Morgan fingerprint density at radius 1 is 1.21 bits per heavy atom. The van der Waals surface area contributed by atoms with Crippen LogP contribution in [0.15, 0.2) is 17.4 Å². The number of nitrogens with zero attached hydrogens (tertiary/aromatic N) is 4. The Morgan fingerprint density at radius 2 is 1.92 bits per heavy atom. The van der Waals surface area contributed by atoms with Crippen molar-refractivity contribution < 1.29 is 9.53 Å². The molecule has 0 bridgehead atoms. The van der Waals surface area contributed by atoms with E-state index in [-0.39, 0.29) is 18.1 Å². The van der Waals surface area contributed by atoms with Crippen LogP contribution in [0, 0.1) is 0 Å². The lowest BCUT2D eigenvalue weighted by atomic mass is 10.1. The number of thioether (sulfide) groups is 1. The van der Waals surface area contributed by atoms with Gasteiger partial charge in [0.05, 0.1) is 18.0 Å². The highest BCUT2D eigenvalue weighted by molar-refractivity contribution is 7.99. The van der Waals surface area contributed by atoms with Gasteiger partial charge >= 0.3 is 0 Å². The molecule has 24 heavy (non-hydrogen) atoms. The topological polar surface area (TPSA) is 58.6 Å². The first kappa shape index (κ1) is 17.5. The number of rotatable bonds is 4. The zero-order chi connectivity index (χ0) is 16.9. The van der Waals surface area contributed by atoms with Crippen molar-refractivity contribution in [2.75, 3.05) is 36.8 Å². The minimum Gasteiger partial charge on any atom is -0.372 e. The van der Waals surface area contributed by atoms with E-state index in [0.29, 0.717) is 18.8 Å². The summed E-state index contributed by atoms with van der Waals surface area (Å²) in [5.74, 6) is 1.55. The number of carbonyl (C=O) groups is 1. The first-order valence-corrected chi connectivity index (χ1v) is 9.73. The Bertz CT molecular complexity index is 555. The van der Waals surface area contributed by atoms with Crippen LogP contribution in [0.3, 0.4) is 0 Å². The van der Waals surface area contributed by atoms with E-state index in [1.165, 1.54) is 31.0 Å². The fourth-order valence-electron chi connectivity index (χ4n) is 3.31. The van der Waals surface area contributed by atoms with Crippen LogP contribution in [0.2, 0.25) is 0 Å². The van der Waals surface area contributed by atoms with E-state index in [1.807, 2.05) is 24.8 Å². The van der Waals surface area contributed by atoms with Gasteiger partial charge in [0, 0.05) is 32.2 Å². The van der Waals surface area contributed by atoms with Crippen molar-refractivity contribution in [3.63, 3.8) is 0 Å². The smallest absolute Gasteiger partial charge is 0.233 e. The number of anilines is 1. The van der Waals surface area contributed by atoms with Crippen LogP contribution < -0.4 is 4.90 Å². The van der Waals surface area contributed by atoms with Gasteiger partial charge in [-0.2, -0.15) is 0 Å². The summed E-state index contributed by atoms with van der Waals surface area (Å²) in [5, 5.41) is 0.869. The summed E-state index contributed by atoms with van der Waals surface area (Å²) < 4.78 is 5.69. The SMILES string of the molecule is CC1CN(C(=O)CSc2cc(N3CCCCC3)ncn2)CC(C)O1. The lowest BCUT2D eigenvalue weighted by Gasteiger charge is -2.35. The molecule has 2 aliphatic rings. The zero-order valence-electron chi connectivity index (χ0n) is 14.5. The van der Waals surface area contributed by atoms with Crippen LogP contribution in [0.5, 0.6) is 0 Å². The maximum atomic E-state index is 12.4. The van der Waals surface area contributed by atoms with Gasteiger partial charge in [0.2, 0.25) is 5.91 Å². The third-order valence-electron chi connectivity index (χ3n) is 4.42. The molecule has 6 nitrogen and oxygen atoms in total. The molecule has 3 rings (SSSR count). The molecule has 2 aliphatic heterocycles. The minimum absolute atomic E-state index is 0.104. The van der Waals surface area contributed by atoms with Gasteiger partial charge in [-0.05, 0) is 33.1 Å². The molecular weight excluding hydrogens is 324 g/mol. The summed E-state index contributed by atoms with van der Waals surface area (Å²) >= 11 is 1.49. The van der Waals surface area contributed by atoms with Crippen molar-refractivity contribution >= 4 is 23.5 Å². The summed E-state index contributed by atoms with van der Waals surface area (Å²) in [6.45, 7) is 7.49. The molecule has 2 unspecified atom stereocenters. The number of aromatic nitrogens is 2. The first-order valence-electron chi connectivity index (χ1n) is 8.75. The summed E-state index contributed by atoms with van der Waals surface area (Å²) in [7, 11) is 0. The summed E-state index contributed by atoms with van der Waals surface area (Å²) in [6, 6.07) is 2.01. The van der Waals surface area contributed by atoms with Gasteiger partial charge in [0.1, 0.15) is 17.2 Å². The third kappa shape index (κ3) is 4.60. The average Bonchev–Trinajstić information content (AvgIpc) is 2.60. The summed E-state index contributed by atoms with van der Waals surface area (Å²) in [6.07, 6.45) is 5.56. The third-order valence-corrected chi connectivity index (χ3v) is 5.33. The number of hydrogen-bond donors (Lipinski definition) is 0. The van der Waals surface area contributed by atoms with Gasteiger partial charge < -0.3 is 14.5 Å². The van der Waals surface area contributed by atoms with E-state index in [4.69, 9.17) is 4.74 Å². The highest BCUT2D eigenvalue weighted by Crippen LogP contribution is 2.23. The highest BCUT2D eigenvalue weighted by atomic mass is 32.2. The van der Waals surface area contributed by atoms with E-state index in [0.717, 1.165) is 23.9 Å². The molecule has 0 spiro atoms. The van der Waals surface area contributed by atoms with Gasteiger partial charge in [0.25, 0.3) is 0 Å². The van der Waals surface area contributed by atoms with E-state index in [9.17, 15) is 4.79 Å². The second kappa shape index (κ2) is 8.16. The van der Waals surface area contributed by atoms with Gasteiger partial charge in [-0.15, -0.1) is 0 Å². The van der Waals surface area contributed by atoms with Gasteiger partial charge in [0.15, 0.2) is 0 Å². The predicted molar refractivity (Wildman–Crippen MR) is 95.4 cm³/mol. The summed E-state index contributed by atoms with van der Waals surface area (Å²) in [4.78, 5) is 25.4. The lowest BCUT2D eigenvalue weighted by Crippen LogP contribution is -2.48. The molecule has 0 aromatic carbocycles. The van der Waals surface area contributed by atoms with E-state index in [1.54, 1.807) is 6.33 Å². The maximum Gasteiger partial charge on any atom is 0.233 e. The molecule has 1 amide bonds. The molecule has 7 heteroatoms. The quantitative estimate of drug-likeness (QED) is 0.613. The van der Waals surface area contributed by atoms with E-state index in [2.05, 4.69) is 14.9 Å². The number of carbonyl (C=O) groups excluding carboxylic acids is 1. The molecular formula is C17H26N4O2S. The molecule has 3 heterocycles.